The summed E-state index contributed by atoms with van der Waals surface area (Å²) in [6.07, 6.45) is 5.92. The summed E-state index contributed by atoms with van der Waals surface area (Å²) in [6.45, 7) is 4.13. The minimum atomic E-state index is 0.325. The molecule has 2 heterocycles. The number of hydrogen-bond acceptors (Lipinski definition) is 4. The SMILES string of the molecule is Cc1cc(O)ccc1NC1CCN(c2ccncc2)CC1. The van der Waals surface area contributed by atoms with E-state index in [1.807, 2.05) is 25.4 Å². The van der Waals surface area contributed by atoms with E-state index in [9.17, 15) is 5.11 Å². The van der Waals surface area contributed by atoms with Crippen LogP contribution in [0.2, 0.25) is 0 Å². The number of nitrogens with one attached hydrogen (secondary N) is 1. The van der Waals surface area contributed by atoms with Gasteiger partial charge in [-0.2, -0.15) is 0 Å². The number of aromatic nitrogens is 1. The van der Waals surface area contributed by atoms with Crippen LogP contribution in [0.5, 0.6) is 5.75 Å². The van der Waals surface area contributed by atoms with E-state index in [2.05, 4.69) is 27.3 Å². The lowest BCUT2D eigenvalue weighted by atomic mass is 10.0. The molecule has 1 aliphatic rings. The van der Waals surface area contributed by atoms with Crippen LogP contribution in [0.1, 0.15) is 18.4 Å². The molecule has 1 saturated heterocycles. The van der Waals surface area contributed by atoms with E-state index in [1.165, 1.54) is 5.69 Å². The van der Waals surface area contributed by atoms with Crippen LogP contribution in [0.15, 0.2) is 42.7 Å². The molecule has 1 fully saturated rings. The molecule has 3 rings (SSSR count). The van der Waals surface area contributed by atoms with Crippen molar-refractivity contribution in [3.8, 4) is 5.75 Å². The van der Waals surface area contributed by atoms with Crippen LogP contribution in [0.4, 0.5) is 11.4 Å². The summed E-state index contributed by atoms with van der Waals surface area (Å²) in [6, 6.07) is 10.1. The highest BCUT2D eigenvalue weighted by molar-refractivity contribution is 5.54. The van der Waals surface area contributed by atoms with Gasteiger partial charge in [-0.15, -0.1) is 0 Å². The molecule has 2 N–H and O–H groups in total. The predicted octanol–water partition coefficient (Wildman–Crippen LogP) is 3.18. The van der Waals surface area contributed by atoms with Gasteiger partial charge < -0.3 is 15.3 Å². The van der Waals surface area contributed by atoms with Crippen molar-refractivity contribution in [2.75, 3.05) is 23.3 Å². The van der Waals surface area contributed by atoms with Crippen molar-refractivity contribution >= 4 is 11.4 Å². The second-order valence-corrected chi connectivity index (χ2v) is 5.61. The van der Waals surface area contributed by atoms with Crippen molar-refractivity contribution < 1.29 is 5.11 Å². The number of anilines is 2. The maximum absolute atomic E-state index is 9.46. The lowest BCUT2D eigenvalue weighted by Gasteiger charge is -2.34. The van der Waals surface area contributed by atoms with E-state index in [0.29, 0.717) is 11.8 Å². The van der Waals surface area contributed by atoms with Gasteiger partial charge in [0.25, 0.3) is 0 Å². The molecule has 4 nitrogen and oxygen atoms in total. The molecule has 1 aromatic heterocycles. The molecule has 0 aliphatic carbocycles. The van der Waals surface area contributed by atoms with Crippen LogP contribution in [0.3, 0.4) is 0 Å². The first-order chi connectivity index (χ1) is 10.2. The monoisotopic (exact) mass is 283 g/mol. The van der Waals surface area contributed by atoms with Gasteiger partial charge in [0.15, 0.2) is 0 Å². The quantitative estimate of drug-likeness (QED) is 0.849. The zero-order valence-electron chi connectivity index (χ0n) is 12.3. The topological polar surface area (TPSA) is 48.4 Å². The van der Waals surface area contributed by atoms with Gasteiger partial charge in [-0.3, -0.25) is 4.98 Å². The molecule has 4 heteroatoms. The average Bonchev–Trinajstić information content (AvgIpc) is 2.52. The first-order valence-electron chi connectivity index (χ1n) is 7.43. The molecule has 110 valence electrons. The van der Waals surface area contributed by atoms with Gasteiger partial charge in [0, 0.05) is 42.9 Å². The molecular weight excluding hydrogens is 262 g/mol. The summed E-state index contributed by atoms with van der Waals surface area (Å²) in [5.41, 5.74) is 3.46. The van der Waals surface area contributed by atoms with Crippen LogP contribution >= 0.6 is 0 Å². The van der Waals surface area contributed by atoms with Crippen LogP contribution in [0.25, 0.3) is 0 Å². The Hall–Kier alpha value is -2.23. The fourth-order valence-corrected chi connectivity index (χ4v) is 2.87. The summed E-state index contributed by atoms with van der Waals surface area (Å²) in [7, 11) is 0. The molecule has 0 bridgehead atoms. The number of aryl methyl sites for hydroxylation is 1. The lowest BCUT2D eigenvalue weighted by Crippen LogP contribution is -2.39. The third-order valence-corrected chi connectivity index (χ3v) is 4.09. The van der Waals surface area contributed by atoms with Crippen molar-refractivity contribution in [3.63, 3.8) is 0 Å². The van der Waals surface area contributed by atoms with Gasteiger partial charge in [-0.1, -0.05) is 0 Å². The van der Waals surface area contributed by atoms with E-state index in [4.69, 9.17) is 0 Å². The van der Waals surface area contributed by atoms with Crippen LogP contribution < -0.4 is 10.2 Å². The fourth-order valence-electron chi connectivity index (χ4n) is 2.87. The van der Waals surface area contributed by atoms with Gasteiger partial charge >= 0.3 is 0 Å². The Morgan fingerprint density at radius 2 is 1.86 bits per heavy atom. The number of nitrogens with zero attached hydrogens (tertiary/aromatic N) is 2. The molecule has 0 unspecified atom stereocenters. The van der Waals surface area contributed by atoms with E-state index >= 15 is 0 Å². The second-order valence-electron chi connectivity index (χ2n) is 5.61. The Morgan fingerprint density at radius 1 is 1.14 bits per heavy atom. The van der Waals surface area contributed by atoms with Gasteiger partial charge in [-0.05, 0) is 55.7 Å². The van der Waals surface area contributed by atoms with Crippen LogP contribution in [0, 0.1) is 6.92 Å². The first kappa shape index (κ1) is 13.7. The summed E-state index contributed by atoms with van der Waals surface area (Å²) < 4.78 is 0. The van der Waals surface area contributed by atoms with E-state index < -0.39 is 0 Å². The number of phenolic OH excluding ortho intramolecular Hbond substituents is 1. The first-order valence-corrected chi connectivity index (χ1v) is 7.43. The molecule has 2 aromatic rings. The Balaban J connectivity index is 1.59. The van der Waals surface area contributed by atoms with Crippen molar-refractivity contribution in [1.29, 1.82) is 0 Å². The van der Waals surface area contributed by atoms with Gasteiger partial charge in [-0.25, -0.2) is 0 Å². The van der Waals surface area contributed by atoms with E-state index in [0.717, 1.165) is 37.2 Å². The number of piperidine rings is 1. The third kappa shape index (κ3) is 3.27. The summed E-state index contributed by atoms with van der Waals surface area (Å²) >= 11 is 0. The molecule has 0 spiro atoms. The highest BCUT2D eigenvalue weighted by Crippen LogP contribution is 2.25. The Labute approximate surface area is 125 Å². The van der Waals surface area contributed by atoms with E-state index in [-0.39, 0.29) is 0 Å². The average molecular weight is 283 g/mol. The second kappa shape index (κ2) is 6.04. The number of rotatable bonds is 3. The number of benzene rings is 1. The van der Waals surface area contributed by atoms with Crippen molar-refractivity contribution in [2.45, 2.75) is 25.8 Å². The zero-order chi connectivity index (χ0) is 14.7. The number of aromatic hydroxyl groups is 1. The molecule has 1 aliphatic heterocycles. The molecule has 21 heavy (non-hydrogen) atoms. The molecule has 0 amide bonds. The van der Waals surface area contributed by atoms with Crippen molar-refractivity contribution in [2.24, 2.45) is 0 Å². The lowest BCUT2D eigenvalue weighted by molar-refractivity contribution is 0.475. The minimum Gasteiger partial charge on any atom is -0.508 e. The number of pyridine rings is 1. The Morgan fingerprint density at radius 3 is 2.52 bits per heavy atom. The molecule has 1 aromatic carbocycles. The third-order valence-electron chi connectivity index (χ3n) is 4.09. The highest BCUT2D eigenvalue weighted by atomic mass is 16.3. The van der Waals surface area contributed by atoms with E-state index in [1.54, 1.807) is 12.1 Å². The maximum atomic E-state index is 9.46. The summed E-state index contributed by atoms with van der Waals surface area (Å²) in [5, 5.41) is 13.1. The molecule has 0 saturated carbocycles. The summed E-state index contributed by atoms with van der Waals surface area (Å²) in [4.78, 5) is 6.47. The molecular formula is C17H21N3O. The largest absolute Gasteiger partial charge is 0.508 e. The fraction of sp³-hybridized carbons (Fsp3) is 0.353. The van der Waals surface area contributed by atoms with Crippen LogP contribution in [-0.2, 0) is 0 Å². The van der Waals surface area contributed by atoms with Gasteiger partial charge in [0.2, 0.25) is 0 Å². The van der Waals surface area contributed by atoms with Crippen molar-refractivity contribution in [1.82, 2.24) is 4.98 Å². The smallest absolute Gasteiger partial charge is 0.115 e. The molecule has 0 atom stereocenters. The number of phenols is 1. The Kier molecular flexibility index (Phi) is 3.95. The maximum Gasteiger partial charge on any atom is 0.115 e. The number of hydrogen-bond donors (Lipinski definition) is 2. The van der Waals surface area contributed by atoms with Gasteiger partial charge in [0.1, 0.15) is 5.75 Å². The minimum absolute atomic E-state index is 0.325. The zero-order valence-corrected chi connectivity index (χ0v) is 12.3. The standard InChI is InChI=1S/C17H21N3O/c1-13-12-16(21)2-3-17(13)19-14-6-10-20(11-7-14)15-4-8-18-9-5-15/h2-5,8-9,12,14,19,21H,6-7,10-11H2,1H3. The summed E-state index contributed by atoms with van der Waals surface area (Å²) in [5.74, 6) is 0.325. The Bertz CT molecular complexity index is 592. The predicted molar refractivity (Wildman–Crippen MR) is 85.9 cm³/mol. The van der Waals surface area contributed by atoms with Crippen LogP contribution in [-0.4, -0.2) is 29.2 Å². The normalized spacial score (nSPS) is 16.0. The van der Waals surface area contributed by atoms with Gasteiger partial charge in [0.05, 0.1) is 0 Å². The molecule has 0 radical (unpaired) electrons. The van der Waals surface area contributed by atoms with Crippen molar-refractivity contribution in [3.05, 3.63) is 48.3 Å². The highest BCUT2D eigenvalue weighted by Gasteiger charge is 2.19.